The monoisotopic (exact) mass is 334 g/mol. The van der Waals surface area contributed by atoms with Crippen LogP contribution in [0.4, 0.5) is 0 Å². The van der Waals surface area contributed by atoms with Gasteiger partial charge in [0.25, 0.3) is 0 Å². The zero-order valence-corrected chi connectivity index (χ0v) is 14.5. The molecule has 5 atom stereocenters. The quantitative estimate of drug-likeness (QED) is 0.492. The summed E-state index contributed by atoms with van der Waals surface area (Å²) in [6.07, 6.45) is 16.5. The van der Waals surface area contributed by atoms with Crippen molar-refractivity contribution in [3.8, 4) is 0 Å². The van der Waals surface area contributed by atoms with Gasteiger partial charge < -0.3 is 0 Å². The Hall–Kier alpha value is -0.0400. The standard InChI is InChI=1S/C19H27Br/c1-18-9-3-4-16(18)15-6-5-13-12-14(20)7-11-19(13,2)17(15)8-10-18/h5,12,15-17H,3-4,6-11H2,1-2H3/t15-,16-,17-,18-,19-/m0/s1. The zero-order valence-electron chi connectivity index (χ0n) is 12.9. The van der Waals surface area contributed by atoms with Crippen molar-refractivity contribution < 1.29 is 0 Å². The van der Waals surface area contributed by atoms with Gasteiger partial charge >= 0.3 is 0 Å². The maximum atomic E-state index is 3.74. The van der Waals surface area contributed by atoms with Crippen LogP contribution in [-0.4, -0.2) is 0 Å². The molecule has 0 spiro atoms. The molecule has 0 N–H and O–H groups in total. The van der Waals surface area contributed by atoms with E-state index in [9.17, 15) is 0 Å². The molecule has 0 aromatic carbocycles. The molecule has 0 saturated heterocycles. The van der Waals surface area contributed by atoms with E-state index in [1.807, 2.05) is 0 Å². The van der Waals surface area contributed by atoms with Gasteiger partial charge in [0.2, 0.25) is 0 Å². The molecule has 0 amide bonds. The van der Waals surface area contributed by atoms with Crippen molar-refractivity contribution >= 4 is 15.9 Å². The van der Waals surface area contributed by atoms with Gasteiger partial charge in [0, 0.05) is 0 Å². The Morgan fingerprint density at radius 2 is 1.95 bits per heavy atom. The van der Waals surface area contributed by atoms with Crippen molar-refractivity contribution in [1.82, 2.24) is 0 Å². The summed E-state index contributed by atoms with van der Waals surface area (Å²) in [6.45, 7) is 5.17. The second kappa shape index (κ2) is 4.48. The fourth-order valence-corrected chi connectivity index (χ4v) is 6.73. The number of fused-ring (bicyclic) bond motifs is 5. The maximum Gasteiger partial charge on any atom is -0.00437 e. The van der Waals surface area contributed by atoms with Gasteiger partial charge in [-0.05, 0) is 89.7 Å². The molecule has 0 nitrogen and oxygen atoms in total. The Kier molecular flexibility index (Phi) is 3.05. The Morgan fingerprint density at radius 1 is 1.10 bits per heavy atom. The smallest absolute Gasteiger partial charge is 0.00437 e. The lowest BCUT2D eigenvalue weighted by molar-refractivity contribution is -0.0180. The first-order valence-electron chi connectivity index (χ1n) is 8.60. The molecule has 4 aliphatic rings. The molecule has 4 aliphatic carbocycles. The first kappa shape index (κ1) is 13.6. The summed E-state index contributed by atoms with van der Waals surface area (Å²) in [5, 5.41) is 0. The normalized spacial score (nSPS) is 50.6. The highest BCUT2D eigenvalue weighted by Crippen LogP contribution is 2.64. The van der Waals surface area contributed by atoms with Crippen molar-refractivity contribution in [2.75, 3.05) is 0 Å². The molecular weight excluding hydrogens is 308 g/mol. The van der Waals surface area contributed by atoms with Crippen LogP contribution in [0.3, 0.4) is 0 Å². The van der Waals surface area contributed by atoms with E-state index in [0.29, 0.717) is 10.8 Å². The molecule has 2 saturated carbocycles. The predicted octanol–water partition coefficient (Wildman–Crippen LogP) is 6.23. The highest BCUT2D eigenvalue weighted by molar-refractivity contribution is 9.11. The minimum absolute atomic E-state index is 0.476. The van der Waals surface area contributed by atoms with Gasteiger partial charge in [-0.2, -0.15) is 0 Å². The average Bonchev–Trinajstić information content (AvgIpc) is 2.81. The Balaban J connectivity index is 1.72. The lowest BCUT2D eigenvalue weighted by Gasteiger charge is -2.56. The maximum absolute atomic E-state index is 3.74. The van der Waals surface area contributed by atoms with Crippen LogP contribution < -0.4 is 0 Å². The van der Waals surface area contributed by atoms with Crippen LogP contribution in [0.2, 0.25) is 0 Å². The fourth-order valence-electron chi connectivity index (χ4n) is 6.28. The summed E-state index contributed by atoms with van der Waals surface area (Å²) in [4.78, 5) is 0. The first-order chi connectivity index (χ1) is 9.53. The van der Waals surface area contributed by atoms with Gasteiger partial charge in [-0.15, -0.1) is 0 Å². The average molecular weight is 335 g/mol. The third kappa shape index (κ3) is 1.77. The molecule has 0 aromatic heterocycles. The second-order valence-corrected chi connectivity index (χ2v) is 9.38. The third-order valence-electron chi connectivity index (χ3n) is 7.50. The Labute approximate surface area is 132 Å². The van der Waals surface area contributed by atoms with Crippen LogP contribution in [0.15, 0.2) is 22.2 Å². The highest BCUT2D eigenvalue weighted by atomic mass is 79.9. The van der Waals surface area contributed by atoms with E-state index in [1.54, 1.807) is 5.57 Å². The van der Waals surface area contributed by atoms with Crippen molar-refractivity contribution in [2.24, 2.45) is 28.6 Å². The molecule has 0 unspecified atom stereocenters. The van der Waals surface area contributed by atoms with Gasteiger partial charge in [0.15, 0.2) is 0 Å². The zero-order chi connectivity index (χ0) is 14.0. The van der Waals surface area contributed by atoms with Crippen molar-refractivity contribution in [2.45, 2.75) is 65.2 Å². The lowest BCUT2D eigenvalue weighted by Crippen LogP contribution is -2.47. The summed E-state index contributed by atoms with van der Waals surface area (Å²) in [7, 11) is 0. The summed E-state index contributed by atoms with van der Waals surface area (Å²) in [6, 6.07) is 0. The van der Waals surface area contributed by atoms with Crippen LogP contribution >= 0.6 is 15.9 Å². The number of hydrogen-bond acceptors (Lipinski definition) is 0. The molecule has 0 aliphatic heterocycles. The summed E-state index contributed by atoms with van der Waals surface area (Å²) < 4.78 is 1.42. The number of hydrogen-bond donors (Lipinski definition) is 0. The van der Waals surface area contributed by atoms with Crippen LogP contribution in [0.1, 0.15) is 65.2 Å². The molecule has 4 rings (SSSR count). The van der Waals surface area contributed by atoms with E-state index in [2.05, 4.69) is 41.9 Å². The van der Waals surface area contributed by atoms with E-state index < -0.39 is 0 Å². The molecule has 0 radical (unpaired) electrons. The van der Waals surface area contributed by atoms with E-state index in [-0.39, 0.29) is 0 Å². The van der Waals surface area contributed by atoms with Crippen molar-refractivity contribution in [3.05, 3.63) is 22.2 Å². The van der Waals surface area contributed by atoms with Crippen LogP contribution in [-0.2, 0) is 0 Å². The molecule has 20 heavy (non-hydrogen) atoms. The van der Waals surface area contributed by atoms with E-state index in [4.69, 9.17) is 0 Å². The molecule has 0 aromatic rings. The first-order valence-corrected chi connectivity index (χ1v) is 9.39. The predicted molar refractivity (Wildman–Crippen MR) is 88.7 cm³/mol. The molecular formula is C19H27Br. The van der Waals surface area contributed by atoms with Gasteiger partial charge in [-0.1, -0.05) is 42.3 Å². The molecule has 110 valence electrons. The Bertz CT molecular complexity index is 488. The molecule has 1 heteroatoms. The second-order valence-electron chi connectivity index (χ2n) is 8.37. The fraction of sp³-hybridized carbons (Fsp3) is 0.789. The van der Waals surface area contributed by atoms with E-state index in [0.717, 1.165) is 17.8 Å². The number of rotatable bonds is 0. The Morgan fingerprint density at radius 3 is 2.80 bits per heavy atom. The number of halogens is 1. The lowest BCUT2D eigenvalue weighted by atomic mass is 9.49. The van der Waals surface area contributed by atoms with Crippen LogP contribution in [0, 0.1) is 28.6 Å². The minimum atomic E-state index is 0.476. The van der Waals surface area contributed by atoms with Crippen LogP contribution in [0.25, 0.3) is 0 Å². The minimum Gasteiger partial charge on any atom is -0.0804 e. The van der Waals surface area contributed by atoms with Crippen molar-refractivity contribution in [3.63, 3.8) is 0 Å². The van der Waals surface area contributed by atoms with Gasteiger partial charge in [0.05, 0.1) is 0 Å². The van der Waals surface area contributed by atoms with Gasteiger partial charge in [-0.25, -0.2) is 0 Å². The molecule has 2 fully saturated rings. The molecule has 0 bridgehead atoms. The SMILES string of the molecule is C[C@@]12CCC[C@H]1[C@@H]1CC=C3C=C(Br)CC[C@]3(C)[C@H]1CC2. The summed E-state index contributed by atoms with van der Waals surface area (Å²) in [5.41, 5.74) is 2.82. The van der Waals surface area contributed by atoms with Gasteiger partial charge in [-0.3, -0.25) is 0 Å². The van der Waals surface area contributed by atoms with E-state index in [1.165, 1.54) is 55.8 Å². The van der Waals surface area contributed by atoms with Crippen molar-refractivity contribution in [1.29, 1.82) is 0 Å². The topological polar surface area (TPSA) is 0 Å². The van der Waals surface area contributed by atoms with Crippen LogP contribution in [0.5, 0.6) is 0 Å². The molecule has 0 heterocycles. The summed E-state index contributed by atoms with van der Waals surface area (Å²) in [5.74, 6) is 2.95. The van der Waals surface area contributed by atoms with Gasteiger partial charge in [0.1, 0.15) is 0 Å². The largest absolute Gasteiger partial charge is 0.0804 e. The third-order valence-corrected chi connectivity index (χ3v) is 8.13. The number of allylic oxidation sites excluding steroid dienone is 4. The highest BCUT2D eigenvalue weighted by Gasteiger charge is 2.54. The summed E-state index contributed by atoms with van der Waals surface area (Å²) >= 11 is 3.74. The van der Waals surface area contributed by atoms with E-state index >= 15 is 0 Å².